The Hall–Kier alpha value is -0.930. The molecular weight excluding hydrogens is 550 g/mol. The Morgan fingerprint density at radius 2 is 1.17 bits per heavy atom. The molecule has 12 heteroatoms. The third-order valence-electron chi connectivity index (χ3n) is 8.14. The fraction of sp³-hybridized carbons (Fsp3) is 0.967. The Balaban J connectivity index is 1.71. The highest BCUT2D eigenvalue weighted by molar-refractivity contribution is 5.73. The fourth-order valence-electron chi connectivity index (χ4n) is 5.60. The summed E-state index contributed by atoms with van der Waals surface area (Å²) >= 11 is 0. The van der Waals surface area contributed by atoms with Gasteiger partial charge in [0.25, 0.3) is 0 Å². The van der Waals surface area contributed by atoms with Gasteiger partial charge in [-0.25, -0.2) is 0 Å². The fourth-order valence-corrected chi connectivity index (χ4v) is 5.60. The smallest absolute Gasteiger partial charge is 0.217 e. The molecule has 248 valence electrons. The number of nitrogens with one attached hydrogen (secondary N) is 1. The highest BCUT2D eigenvalue weighted by Crippen LogP contribution is 2.29. The normalized spacial score (nSPS) is 33.5. The van der Waals surface area contributed by atoms with Crippen molar-refractivity contribution in [3.63, 3.8) is 0 Å². The SMILES string of the molecule is CCCCCCCCCCCCCCCCO[C@@H]1O[C@H](CO)[C@H](O[C@H]2O[C@H](CO)[C@@H](O)[C@H](O)[C@H]2NC(C)=O)[C@H](O)[C@H]1O. The summed E-state index contributed by atoms with van der Waals surface area (Å²) in [6, 6.07) is -1.25. The van der Waals surface area contributed by atoms with Gasteiger partial charge < -0.3 is 54.9 Å². The largest absolute Gasteiger partial charge is 0.394 e. The maximum absolute atomic E-state index is 11.7. The van der Waals surface area contributed by atoms with Gasteiger partial charge in [0.1, 0.15) is 48.8 Å². The molecule has 2 heterocycles. The molecule has 2 saturated heterocycles. The number of aliphatic hydroxyl groups is 6. The van der Waals surface area contributed by atoms with Crippen LogP contribution in [0, 0.1) is 0 Å². The maximum Gasteiger partial charge on any atom is 0.217 e. The lowest BCUT2D eigenvalue weighted by Crippen LogP contribution is -2.67. The van der Waals surface area contributed by atoms with Crippen molar-refractivity contribution in [3.05, 3.63) is 0 Å². The topological polar surface area (TPSA) is 187 Å². The Kier molecular flexibility index (Phi) is 18.6. The summed E-state index contributed by atoms with van der Waals surface area (Å²) in [4.78, 5) is 11.7. The molecule has 0 aliphatic carbocycles. The summed E-state index contributed by atoms with van der Waals surface area (Å²) in [5, 5.41) is 64.0. The Labute approximate surface area is 250 Å². The van der Waals surface area contributed by atoms with E-state index in [1.807, 2.05) is 0 Å². The van der Waals surface area contributed by atoms with Crippen LogP contribution in [-0.2, 0) is 23.7 Å². The van der Waals surface area contributed by atoms with E-state index in [0.29, 0.717) is 6.61 Å². The van der Waals surface area contributed by atoms with Crippen LogP contribution in [-0.4, -0.2) is 118 Å². The minimum absolute atomic E-state index is 0.314. The van der Waals surface area contributed by atoms with Crippen LogP contribution in [0.4, 0.5) is 0 Å². The molecule has 0 aromatic heterocycles. The number of hydrogen-bond donors (Lipinski definition) is 7. The van der Waals surface area contributed by atoms with E-state index in [0.717, 1.165) is 19.3 Å². The van der Waals surface area contributed by atoms with Crippen LogP contribution in [0.1, 0.15) is 104 Å². The Morgan fingerprint density at radius 3 is 1.67 bits per heavy atom. The van der Waals surface area contributed by atoms with Crippen molar-refractivity contribution >= 4 is 5.91 Å². The monoisotopic (exact) mass is 607 g/mol. The first kappa shape index (κ1) is 37.3. The molecule has 2 rings (SSSR count). The van der Waals surface area contributed by atoms with Gasteiger partial charge >= 0.3 is 0 Å². The average Bonchev–Trinajstić information content (AvgIpc) is 2.97. The number of aliphatic hydroxyl groups excluding tert-OH is 6. The summed E-state index contributed by atoms with van der Waals surface area (Å²) in [5.74, 6) is -0.540. The number of unbranched alkanes of at least 4 members (excludes halogenated alkanes) is 13. The van der Waals surface area contributed by atoms with Crippen molar-refractivity contribution in [2.24, 2.45) is 0 Å². The second-order valence-corrected chi connectivity index (χ2v) is 11.7. The molecule has 0 radical (unpaired) electrons. The van der Waals surface area contributed by atoms with Gasteiger partial charge in [-0.3, -0.25) is 4.79 Å². The molecule has 0 aromatic carbocycles. The van der Waals surface area contributed by atoms with Crippen molar-refractivity contribution in [3.8, 4) is 0 Å². The lowest BCUT2D eigenvalue weighted by molar-refractivity contribution is -0.347. The van der Waals surface area contributed by atoms with Crippen LogP contribution in [0.2, 0.25) is 0 Å². The minimum Gasteiger partial charge on any atom is -0.394 e. The van der Waals surface area contributed by atoms with Crippen molar-refractivity contribution < 1.29 is 54.4 Å². The van der Waals surface area contributed by atoms with Gasteiger partial charge in [0.2, 0.25) is 5.91 Å². The zero-order valence-corrected chi connectivity index (χ0v) is 25.5. The molecule has 12 nitrogen and oxygen atoms in total. The third kappa shape index (κ3) is 12.2. The quantitative estimate of drug-likeness (QED) is 0.0931. The van der Waals surface area contributed by atoms with E-state index in [9.17, 15) is 35.4 Å². The second kappa shape index (κ2) is 20.9. The number of hydrogen-bond acceptors (Lipinski definition) is 11. The first-order valence-corrected chi connectivity index (χ1v) is 16.0. The molecule has 0 unspecified atom stereocenters. The lowest BCUT2D eigenvalue weighted by Gasteiger charge is -2.47. The van der Waals surface area contributed by atoms with Gasteiger partial charge in [-0.05, 0) is 6.42 Å². The lowest BCUT2D eigenvalue weighted by atomic mass is 9.95. The first-order valence-electron chi connectivity index (χ1n) is 16.0. The highest BCUT2D eigenvalue weighted by Gasteiger charge is 2.51. The molecular formula is C30H57NO11. The predicted molar refractivity (Wildman–Crippen MR) is 154 cm³/mol. The van der Waals surface area contributed by atoms with Gasteiger partial charge in [-0.2, -0.15) is 0 Å². The van der Waals surface area contributed by atoms with Gasteiger partial charge in [0.15, 0.2) is 12.6 Å². The van der Waals surface area contributed by atoms with E-state index in [4.69, 9.17) is 18.9 Å². The van der Waals surface area contributed by atoms with Crippen molar-refractivity contribution in [2.75, 3.05) is 19.8 Å². The molecule has 0 bridgehead atoms. The molecule has 2 aliphatic heterocycles. The number of ether oxygens (including phenoxy) is 4. The van der Waals surface area contributed by atoms with Gasteiger partial charge in [0, 0.05) is 13.5 Å². The zero-order valence-electron chi connectivity index (χ0n) is 25.5. The summed E-state index contributed by atoms with van der Waals surface area (Å²) in [7, 11) is 0. The maximum atomic E-state index is 11.7. The molecule has 10 atom stereocenters. The van der Waals surface area contributed by atoms with Crippen LogP contribution in [0.3, 0.4) is 0 Å². The van der Waals surface area contributed by atoms with E-state index >= 15 is 0 Å². The van der Waals surface area contributed by atoms with Crippen LogP contribution in [0.5, 0.6) is 0 Å². The van der Waals surface area contributed by atoms with Crippen molar-refractivity contribution in [1.29, 1.82) is 0 Å². The Morgan fingerprint density at radius 1 is 0.667 bits per heavy atom. The summed E-state index contributed by atoms with van der Waals surface area (Å²) < 4.78 is 22.7. The number of rotatable bonds is 21. The van der Waals surface area contributed by atoms with E-state index < -0.39 is 80.5 Å². The summed E-state index contributed by atoms with van der Waals surface area (Å²) in [5.41, 5.74) is 0. The van der Waals surface area contributed by atoms with E-state index in [1.165, 1.54) is 77.6 Å². The van der Waals surface area contributed by atoms with E-state index in [1.54, 1.807) is 0 Å². The average molecular weight is 608 g/mol. The molecule has 0 saturated carbocycles. The molecule has 0 aromatic rings. The van der Waals surface area contributed by atoms with Crippen molar-refractivity contribution in [1.82, 2.24) is 5.32 Å². The van der Waals surface area contributed by atoms with Crippen LogP contribution in [0.25, 0.3) is 0 Å². The molecule has 2 fully saturated rings. The van der Waals surface area contributed by atoms with Gasteiger partial charge in [0.05, 0.1) is 13.2 Å². The number of carbonyl (C=O) groups excluding carboxylic acids is 1. The summed E-state index contributed by atoms with van der Waals surface area (Å²) in [6.07, 6.45) is 4.82. The van der Waals surface area contributed by atoms with Crippen molar-refractivity contribution in [2.45, 2.75) is 165 Å². The molecule has 42 heavy (non-hydrogen) atoms. The molecule has 2 aliphatic rings. The molecule has 0 spiro atoms. The minimum atomic E-state index is -1.56. The number of amides is 1. The Bertz CT molecular complexity index is 715. The van der Waals surface area contributed by atoms with Gasteiger partial charge in [-0.15, -0.1) is 0 Å². The zero-order chi connectivity index (χ0) is 30.9. The van der Waals surface area contributed by atoms with Crippen LogP contribution >= 0.6 is 0 Å². The van der Waals surface area contributed by atoms with Gasteiger partial charge in [-0.1, -0.05) is 90.4 Å². The second-order valence-electron chi connectivity index (χ2n) is 11.7. The predicted octanol–water partition coefficient (Wildman–Crippen LogP) is 1.25. The third-order valence-corrected chi connectivity index (χ3v) is 8.14. The number of carbonyl (C=O) groups is 1. The highest BCUT2D eigenvalue weighted by atomic mass is 16.7. The van der Waals surface area contributed by atoms with E-state index in [-0.39, 0.29) is 0 Å². The molecule has 7 N–H and O–H groups in total. The summed E-state index contributed by atoms with van der Waals surface area (Å²) in [6.45, 7) is 2.53. The first-order chi connectivity index (χ1) is 20.2. The van der Waals surface area contributed by atoms with E-state index in [2.05, 4.69) is 12.2 Å². The molecule has 1 amide bonds. The standard InChI is InChI=1S/C30H57NO11/c1-3-4-5-6-7-8-9-10-11-12-13-14-15-16-17-39-30-27(38)26(37)28(22(19-33)41-30)42-29-23(31-20(2)34)25(36)24(35)21(18-32)40-29/h21-30,32-33,35-38H,3-19H2,1-2H3,(H,31,34)/t21-,22-,23-,24-,25-,26-,27-,28+,29-,30-/m1/s1. The van der Waals surface area contributed by atoms with Crippen LogP contribution in [0.15, 0.2) is 0 Å². The van der Waals surface area contributed by atoms with Crippen LogP contribution < -0.4 is 5.32 Å².